The van der Waals surface area contributed by atoms with Gasteiger partial charge in [-0.3, -0.25) is 4.79 Å². The van der Waals surface area contributed by atoms with Crippen LogP contribution in [0.3, 0.4) is 0 Å². The van der Waals surface area contributed by atoms with E-state index in [4.69, 9.17) is 9.26 Å². The van der Waals surface area contributed by atoms with Crippen LogP contribution in [0.5, 0.6) is 5.75 Å². The molecule has 0 spiro atoms. The van der Waals surface area contributed by atoms with E-state index in [0.29, 0.717) is 29.6 Å². The number of rotatable bonds is 4. The minimum Gasteiger partial charge on any atom is -0.496 e. The summed E-state index contributed by atoms with van der Waals surface area (Å²) in [4.78, 5) is 19.0. The number of halogens is 1. The molecule has 6 nitrogen and oxygen atoms in total. The number of amides is 1. The molecule has 27 heavy (non-hydrogen) atoms. The molecule has 138 valence electrons. The van der Waals surface area contributed by atoms with Crippen molar-refractivity contribution in [3.8, 4) is 17.1 Å². The Labute approximate surface area is 155 Å². The lowest BCUT2D eigenvalue weighted by molar-refractivity contribution is 0.0710. The van der Waals surface area contributed by atoms with Gasteiger partial charge in [0.05, 0.1) is 12.7 Å². The molecule has 0 radical (unpaired) electrons. The highest BCUT2D eigenvalue weighted by Gasteiger charge is 2.34. The molecule has 1 amide bonds. The maximum atomic E-state index is 13.1. The predicted molar refractivity (Wildman–Crippen MR) is 95.7 cm³/mol. The van der Waals surface area contributed by atoms with Crippen LogP contribution in [0.1, 0.15) is 35.1 Å². The Kier molecular flexibility index (Phi) is 4.58. The van der Waals surface area contributed by atoms with Crippen LogP contribution in [0.2, 0.25) is 0 Å². The van der Waals surface area contributed by atoms with E-state index in [1.165, 1.54) is 24.3 Å². The highest BCUT2D eigenvalue weighted by molar-refractivity contribution is 5.94. The molecule has 1 atom stereocenters. The van der Waals surface area contributed by atoms with Crippen molar-refractivity contribution in [1.29, 1.82) is 0 Å². The molecule has 0 saturated carbocycles. The van der Waals surface area contributed by atoms with Crippen molar-refractivity contribution in [2.45, 2.75) is 18.9 Å². The van der Waals surface area contributed by atoms with Gasteiger partial charge in [0.1, 0.15) is 17.6 Å². The first-order chi connectivity index (χ1) is 13.2. The van der Waals surface area contributed by atoms with Gasteiger partial charge in [0.15, 0.2) is 0 Å². The second-order valence-corrected chi connectivity index (χ2v) is 6.32. The van der Waals surface area contributed by atoms with Crippen molar-refractivity contribution in [1.82, 2.24) is 15.0 Å². The van der Waals surface area contributed by atoms with Crippen LogP contribution in [0.25, 0.3) is 11.4 Å². The lowest BCUT2D eigenvalue weighted by Crippen LogP contribution is -2.30. The topological polar surface area (TPSA) is 68.5 Å². The van der Waals surface area contributed by atoms with E-state index in [9.17, 15) is 9.18 Å². The average molecular weight is 367 g/mol. The molecule has 7 heteroatoms. The summed E-state index contributed by atoms with van der Waals surface area (Å²) in [7, 11) is 1.58. The molecular weight excluding hydrogens is 349 g/mol. The Morgan fingerprint density at radius 1 is 1.22 bits per heavy atom. The Bertz CT molecular complexity index is 955. The lowest BCUT2D eigenvalue weighted by Gasteiger charge is -2.21. The third-order valence-corrected chi connectivity index (χ3v) is 4.68. The zero-order valence-corrected chi connectivity index (χ0v) is 14.8. The van der Waals surface area contributed by atoms with E-state index in [1.807, 2.05) is 24.3 Å². The first-order valence-electron chi connectivity index (χ1n) is 8.71. The van der Waals surface area contributed by atoms with Crippen LogP contribution < -0.4 is 4.74 Å². The Hall–Kier alpha value is -3.22. The summed E-state index contributed by atoms with van der Waals surface area (Å²) in [6, 6.07) is 12.7. The maximum Gasteiger partial charge on any atom is 0.254 e. The van der Waals surface area contributed by atoms with Gasteiger partial charge in [0.2, 0.25) is 11.7 Å². The van der Waals surface area contributed by atoms with Crippen LogP contribution in [0.15, 0.2) is 53.1 Å². The van der Waals surface area contributed by atoms with Gasteiger partial charge in [-0.25, -0.2) is 4.39 Å². The third kappa shape index (κ3) is 3.28. The molecule has 0 bridgehead atoms. The molecule has 4 rings (SSSR count). The third-order valence-electron chi connectivity index (χ3n) is 4.68. The summed E-state index contributed by atoms with van der Waals surface area (Å²) >= 11 is 0. The smallest absolute Gasteiger partial charge is 0.254 e. The van der Waals surface area contributed by atoms with Gasteiger partial charge in [-0.1, -0.05) is 17.3 Å². The molecule has 1 fully saturated rings. The van der Waals surface area contributed by atoms with Crippen molar-refractivity contribution < 1.29 is 18.4 Å². The SMILES string of the molecule is COc1ccccc1-c1noc([C@@H]2CCCN2C(=O)c2ccc(F)cc2)n1. The first kappa shape index (κ1) is 17.2. The molecule has 0 N–H and O–H groups in total. The van der Waals surface area contributed by atoms with E-state index in [0.717, 1.165) is 18.4 Å². The Balaban J connectivity index is 1.60. The number of ether oxygens (including phenoxy) is 1. The van der Waals surface area contributed by atoms with Crippen LogP contribution in [0.4, 0.5) is 4.39 Å². The fourth-order valence-electron chi connectivity index (χ4n) is 3.33. The standard InChI is InChI=1S/C20H18FN3O3/c1-26-17-7-3-2-5-15(17)18-22-19(27-23-18)16-6-4-12-24(16)20(25)13-8-10-14(21)11-9-13/h2-3,5,7-11,16H,4,6,12H2,1H3/t16-/m0/s1. The number of benzene rings is 2. The van der Waals surface area contributed by atoms with Crippen LogP contribution in [-0.4, -0.2) is 34.6 Å². The van der Waals surface area contributed by atoms with Crippen LogP contribution in [0, 0.1) is 5.82 Å². The summed E-state index contributed by atoms with van der Waals surface area (Å²) in [5.41, 5.74) is 1.16. The summed E-state index contributed by atoms with van der Waals surface area (Å²) < 4.78 is 23.9. The van der Waals surface area contributed by atoms with Crippen LogP contribution >= 0.6 is 0 Å². The van der Waals surface area contributed by atoms with E-state index in [2.05, 4.69) is 10.1 Å². The fourth-order valence-corrected chi connectivity index (χ4v) is 3.33. The summed E-state index contributed by atoms with van der Waals surface area (Å²) in [5, 5.41) is 4.06. The largest absolute Gasteiger partial charge is 0.496 e. The minimum absolute atomic E-state index is 0.172. The number of carbonyl (C=O) groups excluding carboxylic acids is 1. The van der Waals surface area contributed by atoms with Crippen LogP contribution in [-0.2, 0) is 0 Å². The minimum atomic E-state index is -0.372. The number of hydrogen-bond donors (Lipinski definition) is 0. The molecule has 0 unspecified atom stereocenters. The van der Waals surface area contributed by atoms with Crippen molar-refractivity contribution in [3.05, 3.63) is 65.8 Å². The molecule has 0 aliphatic carbocycles. The Morgan fingerprint density at radius 2 is 2.00 bits per heavy atom. The predicted octanol–water partition coefficient (Wildman–Crippen LogP) is 3.86. The molecular formula is C20H18FN3O3. The molecule has 1 aromatic heterocycles. The summed E-state index contributed by atoms with van der Waals surface area (Å²) in [5.74, 6) is 0.917. The van der Waals surface area contributed by atoms with Gasteiger partial charge in [-0.05, 0) is 49.2 Å². The second kappa shape index (κ2) is 7.19. The van der Waals surface area contributed by atoms with E-state index < -0.39 is 0 Å². The normalized spacial score (nSPS) is 16.5. The molecule has 2 aromatic carbocycles. The maximum absolute atomic E-state index is 13.1. The quantitative estimate of drug-likeness (QED) is 0.700. The van der Waals surface area contributed by atoms with Gasteiger partial charge >= 0.3 is 0 Å². The number of methoxy groups -OCH3 is 1. The van der Waals surface area contributed by atoms with Gasteiger partial charge in [-0.2, -0.15) is 4.98 Å². The van der Waals surface area contributed by atoms with Gasteiger partial charge < -0.3 is 14.2 Å². The Morgan fingerprint density at radius 3 is 2.78 bits per heavy atom. The van der Waals surface area contributed by atoms with Crippen molar-refractivity contribution >= 4 is 5.91 Å². The van der Waals surface area contributed by atoms with Gasteiger partial charge in [-0.15, -0.1) is 0 Å². The number of aromatic nitrogens is 2. The number of nitrogens with zero attached hydrogens (tertiary/aromatic N) is 3. The van der Waals surface area contributed by atoms with E-state index >= 15 is 0 Å². The fraction of sp³-hybridized carbons (Fsp3) is 0.250. The molecule has 1 aliphatic heterocycles. The number of likely N-dealkylation sites (tertiary alicyclic amines) is 1. The second-order valence-electron chi connectivity index (χ2n) is 6.32. The summed E-state index contributed by atoms with van der Waals surface area (Å²) in [6.45, 7) is 0.591. The highest BCUT2D eigenvalue weighted by atomic mass is 19.1. The highest BCUT2D eigenvalue weighted by Crippen LogP contribution is 2.34. The van der Waals surface area contributed by atoms with Crippen molar-refractivity contribution in [2.24, 2.45) is 0 Å². The summed E-state index contributed by atoms with van der Waals surface area (Å²) in [6.07, 6.45) is 1.57. The molecule has 2 heterocycles. The van der Waals surface area contributed by atoms with E-state index in [-0.39, 0.29) is 17.8 Å². The molecule has 1 aliphatic rings. The number of carbonyl (C=O) groups is 1. The van der Waals surface area contributed by atoms with Gasteiger partial charge in [0, 0.05) is 12.1 Å². The lowest BCUT2D eigenvalue weighted by atomic mass is 10.1. The molecule has 3 aromatic rings. The number of hydrogen-bond acceptors (Lipinski definition) is 5. The zero-order valence-electron chi connectivity index (χ0n) is 14.8. The molecule has 1 saturated heterocycles. The monoisotopic (exact) mass is 367 g/mol. The zero-order chi connectivity index (χ0) is 18.8. The van der Waals surface area contributed by atoms with Gasteiger partial charge in [0.25, 0.3) is 5.91 Å². The van der Waals surface area contributed by atoms with E-state index in [1.54, 1.807) is 12.0 Å². The van der Waals surface area contributed by atoms with Crippen molar-refractivity contribution in [3.63, 3.8) is 0 Å². The van der Waals surface area contributed by atoms with Crippen molar-refractivity contribution in [2.75, 3.05) is 13.7 Å². The average Bonchev–Trinajstić information content (AvgIpc) is 3.37. The number of para-hydroxylation sites is 1. The first-order valence-corrected chi connectivity index (χ1v) is 8.71.